The topological polar surface area (TPSA) is 78.1 Å². The van der Waals surface area contributed by atoms with E-state index < -0.39 is 5.43 Å². The molecule has 0 unspecified atom stereocenters. The Labute approximate surface area is 125 Å². The van der Waals surface area contributed by atoms with Gasteiger partial charge >= 0.3 is 0 Å². The molecule has 0 aliphatic heterocycles. The van der Waals surface area contributed by atoms with Crippen molar-refractivity contribution in [2.24, 2.45) is 0 Å². The fourth-order valence-electron chi connectivity index (χ4n) is 2.42. The highest BCUT2D eigenvalue weighted by atomic mass is 16.5. The molecule has 0 atom stereocenters. The van der Waals surface area contributed by atoms with E-state index in [0.29, 0.717) is 17.1 Å². The highest BCUT2D eigenvalue weighted by Gasteiger charge is 2.18. The molecule has 2 aromatic carbocycles. The molecule has 6 nitrogen and oxygen atoms in total. The maximum Gasteiger partial charge on any atom is 0.208 e. The van der Waals surface area contributed by atoms with E-state index in [9.17, 15) is 9.90 Å². The quantitative estimate of drug-likeness (QED) is 0.749. The summed E-state index contributed by atoms with van der Waals surface area (Å²) in [6.45, 7) is 0. The summed E-state index contributed by atoms with van der Waals surface area (Å²) in [4.78, 5) is 12.8. The van der Waals surface area contributed by atoms with E-state index in [0.717, 1.165) is 0 Å². The van der Waals surface area contributed by atoms with Gasteiger partial charge in [-0.25, -0.2) is 0 Å². The van der Waals surface area contributed by atoms with Crippen LogP contribution in [0.25, 0.3) is 21.9 Å². The van der Waals surface area contributed by atoms with E-state index in [1.807, 2.05) is 0 Å². The van der Waals surface area contributed by atoms with Crippen LogP contribution in [0.3, 0.4) is 0 Å². The molecule has 6 heteroatoms. The van der Waals surface area contributed by atoms with Crippen molar-refractivity contribution in [1.82, 2.24) is 0 Å². The van der Waals surface area contributed by atoms with E-state index in [4.69, 9.17) is 18.6 Å². The standard InChI is InChI=1S/C16H14O6/c1-19-8-6-11(21-3)13-12(7-8)22-9-4-5-10(20-2)15(17)14(9)16(13)18/h4-7,17H,1-3H3. The fraction of sp³-hybridized carbons (Fsp3) is 0.188. The Morgan fingerprint density at radius 3 is 2.27 bits per heavy atom. The van der Waals surface area contributed by atoms with Crippen molar-refractivity contribution < 1.29 is 23.7 Å². The van der Waals surface area contributed by atoms with Crippen molar-refractivity contribution in [3.05, 3.63) is 34.5 Å². The summed E-state index contributed by atoms with van der Waals surface area (Å²) in [5.41, 5.74) is 0.177. The number of fused-ring (bicyclic) bond motifs is 2. The molecular weight excluding hydrogens is 288 g/mol. The number of benzene rings is 2. The number of ether oxygens (including phenoxy) is 3. The normalized spacial score (nSPS) is 10.9. The zero-order valence-electron chi connectivity index (χ0n) is 12.3. The molecule has 1 heterocycles. The summed E-state index contributed by atoms with van der Waals surface area (Å²) < 4.78 is 21.2. The van der Waals surface area contributed by atoms with Crippen LogP contribution in [0.15, 0.2) is 33.5 Å². The SMILES string of the molecule is COc1cc(OC)c2c(=O)c3c(O)c(OC)ccc3oc2c1. The molecule has 0 fully saturated rings. The number of phenolic OH excluding ortho intramolecular Hbond substituents is 1. The summed E-state index contributed by atoms with van der Waals surface area (Å²) in [7, 11) is 4.37. The molecule has 0 aliphatic rings. The van der Waals surface area contributed by atoms with E-state index >= 15 is 0 Å². The Morgan fingerprint density at radius 2 is 1.64 bits per heavy atom. The molecule has 0 radical (unpaired) electrons. The summed E-state index contributed by atoms with van der Waals surface area (Å²) in [6.07, 6.45) is 0. The molecule has 0 amide bonds. The smallest absolute Gasteiger partial charge is 0.208 e. The molecule has 22 heavy (non-hydrogen) atoms. The Kier molecular flexibility index (Phi) is 3.29. The van der Waals surface area contributed by atoms with Gasteiger partial charge in [0.05, 0.1) is 21.3 Å². The van der Waals surface area contributed by atoms with Crippen molar-refractivity contribution in [2.45, 2.75) is 0 Å². The predicted molar refractivity (Wildman–Crippen MR) is 81.3 cm³/mol. The number of hydrogen-bond donors (Lipinski definition) is 1. The zero-order valence-corrected chi connectivity index (χ0v) is 12.3. The molecule has 1 aromatic heterocycles. The van der Waals surface area contributed by atoms with Gasteiger partial charge in [-0.2, -0.15) is 0 Å². The van der Waals surface area contributed by atoms with E-state index in [1.54, 1.807) is 18.2 Å². The lowest BCUT2D eigenvalue weighted by molar-refractivity contribution is 0.376. The third kappa shape index (κ3) is 1.92. The summed E-state index contributed by atoms with van der Waals surface area (Å²) >= 11 is 0. The van der Waals surface area contributed by atoms with Gasteiger partial charge in [0.1, 0.15) is 33.4 Å². The summed E-state index contributed by atoms with van der Waals surface area (Å²) in [6, 6.07) is 6.28. The van der Waals surface area contributed by atoms with Gasteiger partial charge in [-0.05, 0) is 12.1 Å². The second-order valence-electron chi connectivity index (χ2n) is 4.62. The van der Waals surface area contributed by atoms with Gasteiger partial charge in [-0.3, -0.25) is 4.79 Å². The molecule has 0 aliphatic carbocycles. The summed E-state index contributed by atoms with van der Waals surface area (Å²) in [5.74, 6) is 0.761. The lowest BCUT2D eigenvalue weighted by atomic mass is 10.1. The lowest BCUT2D eigenvalue weighted by Gasteiger charge is -2.10. The largest absolute Gasteiger partial charge is 0.504 e. The van der Waals surface area contributed by atoms with Crippen LogP contribution in [0.5, 0.6) is 23.0 Å². The molecule has 0 bridgehead atoms. The highest BCUT2D eigenvalue weighted by molar-refractivity contribution is 5.97. The lowest BCUT2D eigenvalue weighted by Crippen LogP contribution is -2.05. The molecule has 3 aromatic rings. The first-order valence-corrected chi connectivity index (χ1v) is 6.49. The molecule has 114 valence electrons. The monoisotopic (exact) mass is 302 g/mol. The maximum atomic E-state index is 12.8. The first-order valence-electron chi connectivity index (χ1n) is 6.49. The van der Waals surface area contributed by atoms with Gasteiger partial charge in [0, 0.05) is 12.1 Å². The molecule has 0 saturated heterocycles. The van der Waals surface area contributed by atoms with Crippen LogP contribution < -0.4 is 19.6 Å². The molecule has 0 spiro atoms. The van der Waals surface area contributed by atoms with Crippen LogP contribution in [0.1, 0.15) is 0 Å². The Hall–Kier alpha value is -2.89. The number of methoxy groups -OCH3 is 3. The van der Waals surface area contributed by atoms with Crippen molar-refractivity contribution in [3.8, 4) is 23.0 Å². The Morgan fingerprint density at radius 1 is 0.909 bits per heavy atom. The van der Waals surface area contributed by atoms with Crippen LogP contribution >= 0.6 is 0 Å². The molecular formula is C16H14O6. The van der Waals surface area contributed by atoms with E-state index in [1.165, 1.54) is 27.4 Å². The minimum absolute atomic E-state index is 0.0512. The zero-order chi connectivity index (χ0) is 15.9. The van der Waals surface area contributed by atoms with Crippen LogP contribution in [0, 0.1) is 0 Å². The van der Waals surface area contributed by atoms with Crippen LogP contribution in [-0.2, 0) is 0 Å². The van der Waals surface area contributed by atoms with Gasteiger partial charge in [0.2, 0.25) is 5.43 Å². The van der Waals surface area contributed by atoms with E-state index in [-0.39, 0.29) is 27.9 Å². The maximum absolute atomic E-state index is 12.8. The van der Waals surface area contributed by atoms with Gasteiger partial charge in [-0.1, -0.05) is 0 Å². The fourth-order valence-corrected chi connectivity index (χ4v) is 2.42. The minimum Gasteiger partial charge on any atom is -0.504 e. The Bertz CT molecular complexity index is 925. The van der Waals surface area contributed by atoms with Crippen LogP contribution in [0.4, 0.5) is 0 Å². The second-order valence-corrected chi connectivity index (χ2v) is 4.62. The molecule has 3 rings (SSSR count). The molecule has 1 N–H and O–H groups in total. The third-order valence-corrected chi connectivity index (χ3v) is 3.49. The van der Waals surface area contributed by atoms with Crippen LogP contribution in [-0.4, -0.2) is 26.4 Å². The first kappa shape index (κ1) is 14.1. The third-order valence-electron chi connectivity index (χ3n) is 3.49. The Balaban J connectivity index is 2.53. The average Bonchev–Trinajstić information content (AvgIpc) is 2.53. The number of phenols is 1. The van der Waals surface area contributed by atoms with Crippen molar-refractivity contribution in [3.63, 3.8) is 0 Å². The van der Waals surface area contributed by atoms with Gasteiger partial charge in [-0.15, -0.1) is 0 Å². The van der Waals surface area contributed by atoms with Crippen molar-refractivity contribution >= 4 is 21.9 Å². The van der Waals surface area contributed by atoms with Gasteiger partial charge < -0.3 is 23.7 Å². The number of rotatable bonds is 3. The van der Waals surface area contributed by atoms with Crippen molar-refractivity contribution in [1.29, 1.82) is 0 Å². The van der Waals surface area contributed by atoms with Gasteiger partial charge in [0.15, 0.2) is 11.5 Å². The van der Waals surface area contributed by atoms with Crippen molar-refractivity contribution in [2.75, 3.05) is 21.3 Å². The second kappa shape index (κ2) is 5.14. The summed E-state index contributed by atoms with van der Waals surface area (Å²) in [5, 5.41) is 10.5. The highest BCUT2D eigenvalue weighted by Crippen LogP contribution is 2.36. The predicted octanol–water partition coefficient (Wildman–Crippen LogP) is 2.68. The molecule has 0 saturated carbocycles. The number of aromatic hydroxyl groups is 1. The van der Waals surface area contributed by atoms with Crippen LogP contribution in [0.2, 0.25) is 0 Å². The minimum atomic E-state index is -0.396. The number of hydrogen-bond acceptors (Lipinski definition) is 6. The first-order chi connectivity index (χ1) is 10.6. The van der Waals surface area contributed by atoms with E-state index in [2.05, 4.69) is 0 Å². The van der Waals surface area contributed by atoms with Gasteiger partial charge in [0.25, 0.3) is 0 Å². The average molecular weight is 302 g/mol.